The van der Waals surface area contributed by atoms with Crippen LogP contribution in [0.15, 0.2) is 85.1 Å². The van der Waals surface area contributed by atoms with Crippen molar-refractivity contribution in [3.05, 3.63) is 85.1 Å². The van der Waals surface area contributed by atoms with Crippen LogP contribution in [0.1, 0.15) is 265 Å². The first kappa shape index (κ1) is 63.6. The van der Waals surface area contributed by atoms with Crippen molar-refractivity contribution >= 4 is 17.9 Å². The first-order chi connectivity index (χ1) is 33.0. The highest BCUT2D eigenvalue weighted by atomic mass is 16.6. The maximum absolute atomic E-state index is 12.8. The number of unbranched alkanes of at least 4 members (excludes halogenated alkanes) is 25. The Morgan fingerprint density at radius 1 is 0.299 bits per heavy atom. The molecule has 6 nitrogen and oxygen atoms in total. The quantitative estimate of drug-likeness (QED) is 0.0262. The summed E-state index contributed by atoms with van der Waals surface area (Å²) < 4.78 is 16.8. The minimum atomic E-state index is -0.801. The molecule has 0 fully saturated rings. The molecule has 6 heteroatoms. The van der Waals surface area contributed by atoms with Gasteiger partial charge in [0.05, 0.1) is 0 Å². The molecule has 0 aliphatic carbocycles. The number of carbonyl (C=O) groups is 3. The van der Waals surface area contributed by atoms with E-state index >= 15 is 0 Å². The van der Waals surface area contributed by atoms with Crippen LogP contribution < -0.4 is 0 Å². The fraction of sp³-hybridized carbons (Fsp3) is 0.721. The van der Waals surface area contributed by atoms with E-state index in [2.05, 4.69) is 106 Å². The summed E-state index contributed by atoms with van der Waals surface area (Å²) in [5.74, 6) is -0.947. The third-order valence-electron chi connectivity index (χ3n) is 11.8. The minimum Gasteiger partial charge on any atom is -0.462 e. The van der Waals surface area contributed by atoms with Crippen LogP contribution in [0.2, 0.25) is 0 Å². The van der Waals surface area contributed by atoms with E-state index in [0.29, 0.717) is 19.3 Å². The zero-order valence-corrected chi connectivity index (χ0v) is 43.9. The number of esters is 3. The van der Waals surface area contributed by atoms with Crippen LogP contribution in [0, 0.1) is 0 Å². The number of carbonyl (C=O) groups excluding carboxylic acids is 3. The summed E-state index contributed by atoms with van der Waals surface area (Å²) in [6.45, 7) is 6.54. The molecule has 0 saturated carbocycles. The Balaban J connectivity index is 4.48. The highest BCUT2D eigenvalue weighted by Gasteiger charge is 2.19. The fourth-order valence-corrected chi connectivity index (χ4v) is 7.57. The summed E-state index contributed by atoms with van der Waals surface area (Å²) in [6, 6.07) is 0. The fourth-order valence-electron chi connectivity index (χ4n) is 7.57. The third kappa shape index (κ3) is 53.4. The van der Waals surface area contributed by atoms with Gasteiger partial charge in [-0.1, -0.05) is 209 Å². The van der Waals surface area contributed by atoms with E-state index < -0.39 is 6.10 Å². The Bertz CT molecular complexity index is 1300. The number of allylic oxidation sites excluding steroid dienone is 14. The van der Waals surface area contributed by atoms with Gasteiger partial charge in [0.1, 0.15) is 13.2 Å². The van der Waals surface area contributed by atoms with Gasteiger partial charge in [0.25, 0.3) is 0 Å². The second-order valence-electron chi connectivity index (χ2n) is 18.5. The highest BCUT2D eigenvalue weighted by molar-refractivity contribution is 5.71. The average Bonchev–Trinajstić information content (AvgIpc) is 3.33. The van der Waals surface area contributed by atoms with Gasteiger partial charge in [-0.25, -0.2) is 0 Å². The van der Waals surface area contributed by atoms with Crippen molar-refractivity contribution in [1.29, 1.82) is 0 Å². The Morgan fingerprint density at radius 2 is 0.537 bits per heavy atom. The van der Waals surface area contributed by atoms with Crippen LogP contribution >= 0.6 is 0 Å². The summed E-state index contributed by atoms with van der Waals surface area (Å²) in [5.41, 5.74) is 0. The largest absolute Gasteiger partial charge is 0.462 e. The van der Waals surface area contributed by atoms with Gasteiger partial charge in [0.15, 0.2) is 6.10 Å². The van der Waals surface area contributed by atoms with Gasteiger partial charge in [-0.05, 0) is 122 Å². The normalized spacial score (nSPS) is 12.7. The van der Waals surface area contributed by atoms with E-state index in [-0.39, 0.29) is 31.1 Å². The molecule has 0 saturated heterocycles. The van der Waals surface area contributed by atoms with E-state index in [1.807, 2.05) is 0 Å². The first-order valence-corrected chi connectivity index (χ1v) is 28.1. The molecule has 0 aliphatic heterocycles. The Morgan fingerprint density at radius 3 is 0.896 bits per heavy atom. The summed E-state index contributed by atoms with van der Waals surface area (Å²) >= 11 is 0. The summed E-state index contributed by atoms with van der Waals surface area (Å²) in [5, 5.41) is 0. The summed E-state index contributed by atoms with van der Waals surface area (Å²) in [6.07, 6.45) is 71.3. The van der Waals surface area contributed by atoms with Crippen LogP contribution in [-0.2, 0) is 28.6 Å². The van der Waals surface area contributed by atoms with E-state index in [9.17, 15) is 14.4 Å². The number of ether oxygens (including phenoxy) is 3. The van der Waals surface area contributed by atoms with E-state index in [0.717, 1.165) is 116 Å². The van der Waals surface area contributed by atoms with Crippen LogP contribution in [0.4, 0.5) is 0 Å². The molecule has 67 heavy (non-hydrogen) atoms. The van der Waals surface area contributed by atoms with Gasteiger partial charge < -0.3 is 14.2 Å². The van der Waals surface area contributed by atoms with Gasteiger partial charge in [-0.15, -0.1) is 0 Å². The van der Waals surface area contributed by atoms with Crippen molar-refractivity contribution in [1.82, 2.24) is 0 Å². The highest BCUT2D eigenvalue weighted by Crippen LogP contribution is 2.13. The Hall–Kier alpha value is -3.41. The van der Waals surface area contributed by atoms with Crippen molar-refractivity contribution in [3.63, 3.8) is 0 Å². The Kier molecular flexibility index (Phi) is 52.4. The monoisotopic (exact) mass is 933 g/mol. The molecular formula is C61H104O6. The number of hydrogen-bond donors (Lipinski definition) is 0. The van der Waals surface area contributed by atoms with Crippen molar-refractivity contribution in [2.75, 3.05) is 13.2 Å². The maximum Gasteiger partial charge on any atom is 0.306 e. The summed E-state index contributed by atoms with van der Waals surface area (Å²) in [4.78, 5) is 38.1. The third-order valence-corrected chi connectivity index (χ3v) is 11.8. The van der Waals surface area contributed by atoms with E-state index in [1.165, 1.54) is 109 Å². The van der Waals surface area contributed by atoms with Crippen LogP contribution in [0.25, 0.3) is 0 Å². The van der Waals surface area contributed by atoms with Gasteiger partial charge in [-0.3, -0.25) is 14.4 Å². The standard InChI is InChI=1S/C61H104O6/c1-4-7-10-13-16-19-22-25-28-29-30-31-34-36-39-42-45-48-51-54-60(63)66-57-58(67-61(64)55-52-49-46-43-40-37-33-27-24-21-18-15-12-9-6-3)56-65-59(62)53-50-47-44-41-38-35-32-26-23-20-17-14-11-8-5-2/h16,18-19,21,25-28,30-33,36,39,58H,4-15,17,20,22-24,29,34-35,37-38,40-57H2,1-3H3/b19-16-,21-18-,28-25-,31-30-,32-26-,33-27-,39-36-/t58-/m0/s1. The number of hydrogen-bond acceptors (Lipinski definition) is 6. The molecule has 0 aromatic heterocycles. The SMILES string of the molecule is CCCCC/C=C\C/C=C\C/C=C\C/C=C\CCCCCC(=O)OC[C@H](COC(=O)CCCCCCC/C=C\CCCCCCCC)OC(=O)CCCCCCC/C=C\C/C=C\CCCCC. The Labute approximate surface area is 414 Å². The lowest BCUT2D eigenvalue weighted by atomic mass is 10.1. The van der Waals surface area contributed by atoms with Crippen molar-refractivity contribution < 1.29 is 28.6 Å². The molecule has 0 spiro atoms. The molecule has 0 aromatic rings. The van der Waals surface area contributed by atoms with Crippen molar-refractivity contribution in [2.45, 2.75) is 271 Å². The molecule has 0 N–H and O–H groups in total. The predicted octanol–water partition coefficient (Wildman–Crippen LogP) is 18.8. The molecule has 0 bridgehead atoms. The van der Waals surface area contributed by atoms with Gasteiger partial charge in [0, 0.05) is 19.3 Å². The lowest BCUT2D eigenvalue weighted by molar-refractivity contribution is -0.167. The molecule has 0 aliphatic rings. The molecule has 0 rings (SSSR count). The van der Waals surface area contributed by atoms with Crippen LogP contribution in [0.5, 0.6) is 0 Å². The predicted molar refractivity (Wildman–Crippen MR) is 288 cm³/mol. The molecule has 0 aromatic carbocycles. The first-order valence-electron chi connectivity index (χ1n) is 28.1. The average molecular weight is 933 g/mol. The van der Waals surface area contributed by atoms with Crippen molar-refractivity contribution in [2.24, 2.45) is 0 Å². The molecule has 384 valence electrons. The second-order valence-corrected chi connectivity index (χ2v) is 18.5. The number of rotatable bonds is 50. The lowest BCUT2D eigenvalue weighted by Gasteiger charge is -2.18. The molecule has 0 amide bonds. The molecule has 0 radical (unpaired) electrons. The minimum absolute atomic E-state index is 0.0971. The van der Waals surface area contributed by atoms with Crippen LogP contribution in [0.3, 0.4) is 0 Å². The van der Waals surface area contributed by atoms with E-state index in [1.54, 1.807) is 0 Å². The van der Waals surface area contributed by atoms with Gasteiger partial charge >= 0.3 is 17.9 Å². The summed E-state index contributed by atoms with van der Waals surface area (Å²) in [7, 11) is 0. The molecule has 1 atom stereocenters. The second kappa shape index (κ2) is 55.2. The van der Waals surface area contributed by atoms with Gasteiger partial charge in [0.2, 0.25) is 0 Å². The zero-order chi connectivity index (χ0) is 48.6. The molecular weight excluding hydrogens is 829 g/mol. The zero-order valence-electron chi connectivity index (χ0n) is 43.9. The molecule has 0 unspecified atom stereocenters. The smallest absolute Gasteiger partial charge is 0.306 e. The lowest BCUT2D eigenvalue weighted by Crippen LogP contribution is -2.30. The van der Waals surface area contributed by atoms with E-state index in [4.69, 9.17) is 14.2 Å². The maximum atomic E-state index is 12.8. The topological polar surface area (TPSA) is 78.9 Å². The van der Waals surface area contributed by atoms with Crippen molar-refractivity contribution in [3.8, 4) is 0 Å². The molecule has 0 heterocycles. The van der Waals surface area contributed by atoms with Gasteiger partial charge in [-0.2, -0.15) is 0 Å². The van der Waals surface area contributed by atoms with Crippen LogP contribution in [-0.4, -0.2) is 37.2 Å².